The van der Waals surface area contributed by atoms with E-state index in [4.69, 9.17) is 0 Å². The van der Waals surface area contributed by atoms with Gasteiger partial charge in [0.1, 0.15) is 0 Å². The van der Waals surface area contributed by atoms with Gasteiger partial charge in [0, 0.05) is 24.5 Å². The summed E-state index contributed by atoms with van der Waals surface area (Å²) in [6, 6.07) is 2.24. The van der Waals surface area contributed by atoms with Crippen LogP contribution in [0.25, 0.3) is 11.1 Å². The van der Waals surface area contributed by atoms with Crippen molar-refractivity contribution in [3.05, 3.63) is 40.7 Å². The van der Waals surface area contributed by atoms with E-state index in [-0.39, 0.29) is 0 Å². The van der Waals surface area contributed by atoms with E-state index in [2.05, 4.69) is 49.0 Å². The maximum Gasteiger partial charge on any atom is 0.222 e. The smallest absolute Gasteiger partial charge is 0.222 e. The minimum atomic E-state index is 0.686. The zero-order valence-electron chi connectivity index (χ0n) is 12.3. The molecule has 19 heavy (non-hydrogen) atoms. The summed E-state index contributed by atoms with van der Waals surface area (Å²) in [4.78, 5) is 8.73. The highest BCUT2D eigenvalue weighted by Crippen LogP contribution is 2.30. The van der Waals surface area contributed by atoms with E-state index in [1.54, 1.807) is 0 Å². The minimum Gasteiger partial charge on any atom is -0.355 e. The fraction of sp³-hybridized carbons (Fsp3) is 0.375. The molecule has 0 saturated carbocycles. The molecule has 0 aliphatic carbocycles. The molecule has 1 heterocycles. The van der Waals surface area contributed by atoms with Gasteiger partial charge in [-0.2, -0.15) is 0 Å². The number of benzene rings is 1. The molecule has 2 rings (SSSR count). The highest BCUT2D eigenvalue weighted by Gasteiger charge is 2.11. The Balaban J connectivity index is 2.52. The normalized spacial score (nSPS) is 10.6. The van der Waals surface area contributed by atoms with Crippen molar-refractivity contribution in [3.63, 3.8) is 0 Å². The van der Waals surface area contributed by atoms with Crippen LogP contribution in [0.2, 0.25) is 0 Å². The summed E-state index contributed by atoms with van der Waals surface area (Å²) in [7, 11) is 0. The Morgan fingerprint density at radius 2 is 1.47 bits per heavy atom. The Bertz CT molecular complexity index is 560. The molecule has 0 radical (unpaired) electrons. The Kier molecular flexibility index (Phi) is 3.84. The first-order chi connectivity index (χ1) is 9.04. The van der Waals surface area contributed by atoms with Crippen molar-refractivity contribution in [3.8, 4) is 11.1 Å². The number of aromatic nitrogens is 2. The highest BCUT2D eigenvalue weighted by atomic mass is 15.1. The first-order valence-electron chi connectivity index (χ1n) is 6.68. The Labute approximate surface area is 115 Å². The average molecular weight is 255 g/mol. The summed E-state index contributed by atoms with van der Waals surface area (Å²) in [6.45, 7) is 11.5. The SMILES string of the molecule is CCNc1ncc(-c2c(C)c(C)cc(C)c2C)cn1. The standard InChI is InChI=1S/C16H21N3/c1-6-17-16-18-8-14(9-19-16)15-12(4)10(2)7-11(3)13(15)5/h7-9H,6H2,1-5H3,(H,17,18,19). The molecule has 2 aromatic rings. The molecule has 0 saturated heterocycles. The van der Waals surface area contributed by atoms with Crippen molar-refractivity contribution < 1.29 is 0 Å². The molecule has 1 aromatic carbocycles. The summed E-state index contributed by atoms with van der Waals surface area (Å²) >= 11 is 0. The molecule has 0 amide bonds. The van der Waals surface area contributed by atoms with Gasteiger partial charge in [0.25, 0.3) is 0 Å². The molecule has 0 spiro atoms. The van der Waals surface area contributed by atoms with E-state index in [9.17, 15) is 0 Å². The summed E-state index contributed by atoms with van der Waals surface area (Å²) < 4.78 is 0. The van der Waals surface area contributed by atoms with Crippen molar-refractivity contribution in [2.24, 2.45) is 0 Å². The van der Waals surface area contributed by atoms with Crippen LogP contribution in [-0.4, -0.2) is 16.5 Å². The lowest BCUT2D eigenvalue weighted by Crippen LogP contribution is -2.02. The van der Waals surface area contributed by atoms with E-state index < -0.39 is 0 Å². The van der Waals surface area contributed by atoms with Crippen LogP contribution in [0.3, 0.4) is 0 Å². The van der Waals surface area contributed by atoms with Gasteiger partial charge in [-0.05, 0) is 62.4 Å². The monoisotopic (exact) mass is 255 g/mol. The van der Waals surface area contributed by atoms with Gasteiger partial charge in [0.2, 0.25) is 5.95 Å². The molecular weight excluding hydrogens is 234 g/mol. The fourth-order valence-corrected chi connectivity index (χ4v) is 2.36. The lowest BCUT2D eigenvalue weighted by molar-refractivity contribution is 1.08. The second-order valence-corrected chi connectivity index (χ2v) is 4.96. The minimum absolute atomic E-state index is 0.686. The molecule has 1 aromatic heterocycles. The van der Waals surface area contributed by atoms with E-state index in [1.807, 2.05) is 19.3 Å². The second-order valence-electron chi connectivity index (χ2n) is 4.96. The molecule has 1 N–H and O–H groups in total. The van der Waals surface area contributed by atoms with Crippen LogP contribution in [0, 0.1) is 27.7 Å². The van der Waals surface area contributed by atoms with Crippen LogP contribution in [0.15, 0.2) is 18.5 Å². The molecule has 0 atom stereocenters. The van der Waals surface area contributed by atoms with Crippen molar-refractivity contribution in [1.82, 2.24) is 9.97 Å². The van der Waals surface area contributed by atoms with Crippen molar-refractivity contribution in [2.75, 3.05) is 11.9 Å². The second kappa shape index (κ2) is 5.39. The van der Waals surface area contributed by atoms with Crippen LogP contribution in [0.1, 0.15) is 29.2 Å². The third-order valence-electron chi connectivity index (χ3n) is 3.64. The van der Waals surface area contributed by atoms with Gasteiger partial charge in [-0.3, -0.25) is 0 Å². The lowest BCUT2D eigenvalue weighted by Gasteiger charge is -2.15. The summed E-state index contributed by atoms with van der Waals surface area (Å²) in [5.41, 5.74) is 7.59. The largest absolute Gasteiger partial charge is 0.355 e. The molecular formula is C16H21N3. The van der Waals surface area contributed by atoms with Crippen molar-refractivity contribution in [2.45, 2.75) is 34.6 Å². The number of anilines is 1. The topological polar surface area (TPSA) is 37.8 Å². The maximum absolute atomic E-state index is 4.36. The summed E-state index contributed by atoms with van der Waals surface area (Å²) in [6.07, 6.45) is 3.80. The van der Waals surface area contributed by atoms with Gasteiger partial charge in [0.15, 0.2) is 0 Å². The zero-order valence-corrected chi connectivity index (χ0v) is 12.3. The first kappa shape index (κ1) is 13.5. The number of nitrogens with zero attached hydrogens (tertiary/aromatic N) is 2. The van der Waals surface area contributed by atoms with E-state index in [1.165, 1.54) is 27.8 Å². The van der Waals surface area contributed by atoms with Crippen LogP contribution >= 0.6 is 0 Å². The first-order valence-corrected chi connectivity index (χ1v) is 6.68. The predicted molar refractivity (Wildman–Crippen MR) is 80.6 cm³/mol. The predicted octanol–water partition coefficient (Wildman–Crippen LogP) is 3.81. The quantitative estimate of drug-likeness (QED) is 0.906. The Morgan fingerprint density at radius 1 is 0.947 bits per heavy atom. The number of rotatable bonds is 3. The third kappa shape index (κ3) is 2.60. The van der Waals surface area contributed by atoms with Gasteiger partial charge in [-0.1, -0.05) is 6.07 Å². The molecule has 3 heteroatoms. The Morgan fingerprint density at radius 3 is 1.95 bits per heavy atom. The van der Waals surface area contributed by atoms with Gasteiger partial charge >= 0.3 is 0 Å². The van der Waals surface area contributed by atoms with Crippen LogP contribution < -0.4 is 5.32 Å². The van der Waals surface area contributed by atoms with Gasteiger partial charge < -0.3 is 5.32 Å². The molecule has 0 fully saturated rings. The van der Waals surface area contributed by atoms with Gasteiger partial charge in [-0.15, -0.1) is 0 Å². The Hall–Kier alpha value is -1.90. The number of hydrogen-bond acceptors (Lipinski definition) is 3. The molecule has 3 nitrogen and oxygen atoms in total. The fourth-order valence-electron chi connectivity index (χ4n) is 2.36. The maximum atomic E-state index is 4.36. The molecule has 0 aliphatic heterocycles. The molecule has 0 bridgehead atoms. The van der Waals surface area contributed by atoms with Crippen LogP contribution in [0.5, 0.6) is 0 Å². The molecule has 0 aliphatic rings. The van der Waals surface area contributed by atoms with Crippen molar-refractivity contribution in [1.29, 1.82) is 0 Å². The number of hydrogen-bond donors (Lipinski definition) is 1. The zero-order chi connectivity index (χ0) is 14.0. The summed E-state index contributed by atoms with van der Waals surface area (Å²) in [5.74, 6) is 0.686. The molecule has 0 unspecified atom stereocenters. The highest BCUT2D eigenvalue weighted by molar-refractivity contribution is 5.72. The van der Waals surface area contributed by atoms with Crippen LogP contribution in [0.4, 0.5) is 5.95 Å². The van der Waals surface area contributed by atoms with Gasteiger partial charge in [0.05, 0.1) is 0 Å². The third-order valence-corrected chi connectivity index (χ3v) is 3.64. The average Bonchev–Trinajstić information content (AvgIpc) is 2.39. The number of aryl methyl sites for hydroxylation is 2. The van der Waals surface area contributed by atoms with E-state index in [0.29, 0.717) is 5.95 Å². The van der Waals surface area contributed by atoms with Gasteiger partial charge in [-0.25, -0.2) is 9.97 Å². The van der Waals surface area contributed by atoms with E-state index in [0.717, 1.165) is 12.1 Å². The number of nitrogens with one attached hydrogen (secondary N) is 1. The van der Waals surface area contributed by atoms with E-state index >= 15 is 0 Å². The summed E-state index contributed by atoms with van der Waals surface area (Å²) in [5, 5.41) is 3.12. The molecule has 100 valence electrons. The van der Waals surface area contributed by atoms with Crippen molar-refractivity contribution >= 4 is 5.95 Å². The van der Waals surface area contributed by atoms with Crippen LogP contribution in [-0.2, 0) is 0 Å². The lowest BCUT2D eigenvalue weighted by atomic mass is 9.91.